The molecule has 0 aromatic carbocycles. The second kappa shape index (κ2) is 13.2. The van der Waals surface area contributed by atoms with Crippen molar-refractivity contribution in [2.45, 2.75) is 197 Å². The van der Waals surface area contributed by atoms with E-state index in [0.29, 0.717) is 25.7 Å². The van der Waals surface area contributed by atoms with Gasteiger partial charge in [-0.2, -0.15) is 0 Å². The molecule has 9 N–H and O–H groups in total. The molecule has 3 saturated heterocycles. The zero-order valence-electron chi connectivity index (χ0n) is 33.6. The SMILES string of the molecule is CC(C)(O)[C@@H]1CC[C@](C)([C@@H]2[C@@H](O)C[C@@]3(C)[C@H]4C[C@H](O[C@H]5O[C@@H](CO)[C@H](O)[C@@H](O)[C@@H]5O)[C@@H]5C(C)(C)[C@H](O[C@@H]6OC[C@@H](O)[C@H](O)[C@H]6O)CC[C@@]56C[C@@]46CC[C@]23C)O1. The van der Waals surface area contributed by atoms with Crippen LogP contribution >= 0.6 is 0 Å². The third kappa shape index (κ3) is 5.70. The largest absolute Gasteiger partial charge is 0.394 e. The van der Waals surface area contributed by atoms with E-state index in [9.17, 15) is 46.0 Å². The standard InChI is InChI=1S/C41H68O14/c1-35(2)24(54-33-29(48)26(45)20(44)17-51-33)9-11-41-18-40(41)13-12-37(5)31(39(7)10-8-25(55-39)36(3,4)50)19(43)15-38(37,6)23(40)14-21(32(35)41)52-34-30(49)28(47)27(46)22(16-42)53-34/h19-34,42-50H,8-18H2,1-7H3/t19-,20+,21-,22-,23+,24+,25-,26-,27-,28+,29+,30-,31+,32+,33-,34-,37+,38-,39+,40-,41+/m0/s1. The number of fused-ring (bicyclic) bond motifs is 2. The van der Waals surface area contributed by atoms with Crippen molar-refractivity contribution in [3.05, 3.63) is 0 Å². The Hall–Kier alpha value is -0.560. The molecule has 14 heteroatoms. The second-order valence-electron chi connectivity index (χ2n) is 21.1. The zero-order valence-corrected chi connectivity index (χ0v) is 33.6. The zero-order chi connectivity index (χ0) is 40.1. The maximum absolute atomic E-state index is 12.2. The fraction of sp³-hybridized carbons (Fsp3) is 1.00. The van der Waals surface area contributed by atoms with E-state index in [0.717, 1.165) is 32.1 Å². The van der Waals surface area contributed by atoms with Crippen molar-refractivity contribution in [2.24, 2.45) is 44.8 Å². The van der Waals surface area contributed by atoms with Crippen molar-refractivity contribution in [2.75, 3.05) is 13.2 Å². The molecule has 0 bridgehead atoms. The number of aliphatic hydroxyl groups excluding tert-OH is 8. The molecule has 14 nitrogen and oxygen atoms in total. The molecule has 21 atom stereocenters. The van der Waals surface area contributed by atoms with Gasteiger partial charge in [0, 0.05) is 5.92 Å². The first kappa shape index (κ1) is 41.2. The van der Waals surface area contributed by atoms with E-state index >= 15 is 0 Å². The van der Waals surface area contributed by atoms with Crippen molar-refractivity contribution in [3.63, 3.8) is 0 Å². The van der Waals surface area contributed by atoms with Gasteiger partial charge in [-0.25, -0.2) is 0 Å². The number of rotatable bonds is 7. The van der Waals surface area contributed by atoms with E-state index in [1.165, 1.54) is 0 Å². The minimum Gasteiger partial charge on any atom is -0.394 e. The Morgan fingerprint density at radius 3 is 2.05 bits per heavy atom. The molecule has 0 radical (unpaired) electrons. The van der Waals surface area contributed by atoms with Crippen LogP contribution in [0.15, 0.2) is 0 Å². The maximum Gasteiger partial charge on any atom is 0.186 e. The summed E-state index contributed by atoms with van der Waals surface area (Å²) in [5.41, 5.74) is -3.16. The quantitative estimate of drug-likeness (QED) is 0.162. The van der Waals surface area contributed by atoms with Crippen LogP contribution in [0.2, 0.25) is 0 Å². The van der Waals surface area contributed by atoms with Crippen molar-refractivity contribution >= 4 is 0 Å². The number of hydrogen-bond donors (Lipinski definition) is 9. The molecule has 2 spiro atoms. The van der Waals surface area contributed by atoms with Crippen LogP contribution < -0.4 is 0 Å². The van der Waals surface area contributed by atoms with Crippen LogP contribution in [0.5, 0.6) is 0 Å². The van der Waals surface area contributed by atoms with Crippen molar-refractivity contribution < 1.29 is 69.6 Å². The van der Waals surface area contributed by atoms with Gasteiger partial charge in [-0.05, 0) is 117 Å². The smallest absolute Gasteiger partial charge is 0.186 e. The summed E-state index contributed by atoms with van der Waals surface area (Å²) in [6.07, 6.45) is -7.48. The van der Waals surface area contributed by atoms with Gasteiger partial charge in [-0.1, -0.05) is 27.7 Å². The number of aliphatic hydroxyl groups is 9. The first-order valence-corrected chi connectivity index (χ1v) is 20.9. The fourth-order valence-corrected chi connectivity index (χ4v) is 14.9. The monoisotopic (exact) mass is 784 g/mol. The summed E-state index contributed by atoms with van der Waals surface area (Å²) in [6.45, 7) is 13.8. The molecule has 316 valence electrons. The summed E-state index contributed by atoms with van der Waals surface area (Å²) in [5, 5.41) is 97.2. The molecule has 8 rings (SSSR count). The van der Waals surface area contributed by atoms with E-state index in [-0.39, 0.29) is 52.1 Å². The van der Waals surface area contributed by atoms with Crippen LogP contribution in [0.1, 0.15) is 106 Å². The Morgan fingerprint density at radius 1 is 0.709 bits per heavy atom. The minimum atomic E-state index is -1.60. The van der Waals surface area contributed by atoms with Gasteiger partial charge >= 0.3 is 0 Å². The molecule has 8 aliphatic rings. The van der Waals surface area contributed by atoms with Crippen LogP contribution in [-0.2, 0) is 23.7 Å². The normalized spacial score (nSPS) is 58.7. The van der Waals surface area contributed by atoms with E-state index in [1.54, 1.807) is 13.8 Å². The number of ether oxygens (including phenoxy) is 5. The molecule has 55 heavy (non-hydrogen) atoms. The van der Waals surface area contributed by atoms with Crippen molar-refractivity contribution in [1.82, 2.24) is 0 Å². The summed E-state index contributed by atoms with van der Waals surface area (Å²) >= 11 is 0. The van der Waals surface area contributed by atoms with Gasteiger partial charge in [0.1, 0.15) is 42.7 Å². The van der Waals surface area contributed by atoms with Gasteiger partial charge in [0.15, 0.2) is 12.6 Å². The van der Waals surface area contributed by atoms with Gasteiger partial charge < -0.3 is 69.6 Å². The molecule has 3 aliphatic heterocycles. The average molecular weight is 785 g/mol. The van der Waals surface area contributed by atoms with Gasteiger partial charge in [0.25, 0.3) is 0 Å². The first-order chi connectivity index (χ1) is 25.5. The van der Waals surface area contributed by atoms with Crippen molar-refractivity contribution in [1.29, 1.82) is 0 Å². The maximum atomic E-state index is 12.2. The molecule has 5 aliphatic carbocycles. The van der Waals surface area contributed by atoms with E-state index in [4.69, 9.17) is 23.7 Å². The third-order valence-electron chi connectivity index (χ3n) is 17.6. The van der Waals surface area contributed by atoms with E-state index < -0.39 is 96.8 Å². The van der Waals surface area contributed by atoms with Gasteiger partial charge in [0.2, 0.25) is 0 Å². The molecule has 0 aromatic heterocycles. The lowest BCUT2D eigenvalue weighted by molar-refractivity contribution is -0.339. The predicted molar refractivity (Wildman–Crippen MR) is 194 cm³/mol. The lowest BCUT2D eigenvalue weighted by atomic mass is 9.41. The predicted octanol–water partition coefficient (Wildman–Crippen LogP) is 0.724. The molecular formula is C41H68O14. The first-order valence-electron chi connectivity index (χ1n) is 20.9. The molecule has 5 saturated carbocycles. The van der Waals surface area contributed by atoms with Crippen LogP contribution in [0.25, 0.3) is 0 Å². The fourth-order valence-electron chi connectivity index (χ4n) is 14.9. The van der Waals surface area contributed by atoms with Crippen LogP contribution in [0.3, 0.4) is 0 Å². The lowest BCUT2D eigenvalue weighted by Crippen LogP contribution is -2.65. The van der Waals surface area contributed by atoms with E-state index in [2.05, 4.69) is 34.6 Å². The molecular weight excluding hydrogens is 716 g/mol. The van der Waals surface area contributed by atoms with Gasteiger partial charge in [-0.15, -0.1) is 0 Å². The molecule has 3 heterocycles. The summed E-state index contributed by atoms with van der Waals surface area (Å²) in [4.78, 5) is 0. The van der Waals surface area contributed by atoms with E-state index in [1.807, 2.05) is 0 Å². The van der Waals surface area contributed by atoms with Crippen LogP contribution in [-0.4, -0.2) is 150 Å². The molecule has 8 fully saturated rings. The van der Waals surface area contributed by atoms with Crippen LogP contribution in [0, 0.1) is 44.8 Å². The molecule has 0 unspecified atom stereocenters. The summed E-state index contributed by atoms with van der Waals surface area (Å²) in [7, 11) is 0. The third-order valence-corrected chi connectivity index (χ3v) is 17.6. The second-order valence-corrected chi connectivity index (χ2v) is 21.1. The minimum absolute atomic E-state index is 0.0633. The Balaban J connectivity index is 1.15. The summed E-state index contributed by atoms with van der Waals surface area (Å²) in [6, 6.07) is 0. The summed E-state index contributed by atoms with van der Waals surface area (Å²) < 4.78 is 31.9. The van der Waals surface area contributed by atoms with Crippen molar-refractivity contribution in [3.8, 4) is 0 Å². The van der Waals surface area contributed by atoms with Crippen LogP contribution in [0.4, 0.5) is 0 Å². The topological polar surface area (TPSA) is 228 Å². The Kier molecular flexibility index (Phi) is 9.90. The average Bonchev–Trinajstić information content (AvgIpc) is 3.47. The Labute approximate surface area is 324 Å². The highest BCUT2D eigenvalue weighted by Gasteiger charge is 2.85. The molecule has 0 aromatic rings. The highest BCUT2D eigenvalue weighted by molar-refractivity contribution is 5.33. The Morgan fingerprint density at radius 2 is 1.40 bits per heavy atom. The summed E-state index contributed by atoms with van der Waals surface area (Å²) in [5.74, 6) is -0.215. The highest BCUT2D eigenvalue weighted by atomic mass is 16.7. The Bertz CT molecular complexity index is 1460. The van der Waals surface area contributed by atoms with Gasteiger partial charge in [-0.3, -0.25) is 0 Å². The number of hydrogen-bond acceptors (Lipinski definition) is 14. The van der Waals surface area contributed by atoms with Gasteiger partial charge in [0.05, 0.1) is 48.8 Å². The lowest BCUT2D eigenvalue weighted by Gasteiger charge is -2.65. The highest BCUT2D eigenvalue weighted by Crippen LogP contribution is 2.89. The molecule has 0 amide bonds.